The summed E-state index contributed by atoms with van der Waals surface area (Å²) >= 11 is 0. The second-order valence-corrected chi connectivity index (χ2v) is 5.55. The van der Waals surface area contributed by atoms with E-state index in [2.05, 4.69) is 5.32 Å². The molecule has 1 unspecified atom stereocenters. The molecule has 0 aliphatic rings. The molecule has 0 aliphatic carbocycles. The summed E-state index contributed by atoms with van der Waals surface area (Å²) in [6.07, 6.45) is -0.217. The van der Waals surface area contributed by atoms with E-state index < -0.39 is 17.9 Å². The molecule has 0 bridgehead atoms. The first kappa shape index (κ1) is 18.0. The van der Waals surface area contributed by atoms with Crippen LogP contribution in [0.4, 0.5) is 0 Å². The Labute approximate surface area is 145 Å². The second-order valence-electron chi connectivity index (χ2n) is 5.55. The molecule has 1 atom stereocenters. The summed E-state index contributed by atoms with van der Waals surface area (Å²) in [5, 5.41) is 20.5. The summed E-state index contributed by atoms with van der Waals surface area (Å²) in [5.41, 5.74) is 2.27. The van der Waals surface area contributed by atoms with Crippen molar-refractivity contribution < 1.29 is 19.4 Å². The Morgan fingerprint density at radius 3 is 2.36 bits per heavy atom. The number of hydrogen-bond acceptors (Lipinski definition) is 4. The van der Waals surface area contributed by atoms with Gasteiger partial charge in [0.2, 0.25) is 0 Å². The molecule has 2 N–H and O–H groups in total. The summed E-state index contributed by atoms with van der Waals surface area (Å²) in [4.78, 5) is 23.2. The standard InChI is InChI=1S/C19H18N2O4/c1-13-2-6-15(7-3-13)17(10-19(23)24)21-18(22)12-25-16-8-4-14(11-20)5-9-16/h2-9,17H,10,12H2,1H3,(H,21,22)(H,23,24). The molecule has 2 rings (SSSR count). The average molecular weight is 338 g/mol. The molecule has 0 radical (unpaired) electrons. The Balaban J connectivity index is 1.97. The number of carboxylic acids is 1. The summed E-state index contributed by atoms with van der Waals surface area (Å²) in [5.74, 6) is -0.964. The number of amides is 1. The largest absolute Gasteiger partial charge is 0.484 e. The zero-order chi connectivity index (χ0) is 18.2. The summed E-state index contributed by atoms with van der Waals surface area (Å²) in [6, 6.07) is 15.1. The van der Waals surface area contributed by atoms with Crippen LogP contribution in [0.3, 0.4) is 0 Å². The number of nitrogens with zero attached hydrogens (tertiary/aromatic N) is 1. The molecule has 0 aromatic heterocycles. The Kier molecular flexibility index (Phi) is 6.13. The van der Waals surface area contributed by atoms with E-state index in [4.69, 9.17) is 15.1 Å². The van der Waals surface area contributed by atoms with Gasteiger partial charge >= 0.3 is 5.97 Å². The first-order valence-corrected chi connectivity index (χ1v) is 7.68. The third kappa shape index (κ3) is 5.66. The van der Waals surface area contributed by atoms with Crippen molar-refractivity contribution >= 4 is 11.9 Å². The molecular formula is C19H18N2O4. The number of ether oxygens (including phenoxy) is 1. The fourth-order valence-corrected chi connectivity index (χ4v) is 2.24. The van der Waals surface area contributed by atoms with Gasteiger partial charge in [0, 0.05) is 0 Å². The molecule has 6 nitrogen and oxygen atoms in total. The maximum absolute atomic E-state index is 12.1. The molecule has 0 saturated carbocycles. The quantitative estimate of drug-likeness (QED) is 0.808. The highest BCUT2D eigenvalue weighted by Crippen LogP contribution is 2.18. The molecule has 0 heterocycles. The van der Waals surface area contributed by atoms with Gasteiger partial charge in [0.1, 0.15) is 5.75 Å². The van der Waals surface area contributed by atoms with Crippen molar-refractivity contribution in [3.63, 3.8) is 0 Å². The number of carbonyl (C=O) groups excluding carboxylic acids is 1. The lowest BCUT2D eigenvalue weighted by molar-refractivity contribution is -0.137. The molecule has 128 valence electrons. The molecule has 0 saturated heterocycles. The van der Waals surface area contributed by atoms with Crippen molar-refractivity contribution in [2.24, 2.45) is 0 Å². The number of aliphatic carboxylic acids is 1. The Bertz CT molecular complexity index is 777. The number of carbonyl (C=O) groups is 2. The van der Waals surface area contributed by atoms with Crippen molar-refractivity contribution in [1.29, 1.82) is 5.26 Å². The van der Waals surface area contributed by atoms with Crippen molar-refractivity contribution in [2.45, 2.75) is 19.4 Å². The van der Waals surface area contributed by atoms with Gasteiger partial charge in [-0.05, 0) is 36.8 Å². The Morgan fingerprint density at radius 2 is 1.80 bits per heavy atom. The highest BCUT2D eigenvalue weighted by molar-refractivity contribution is 5.79. The maximum atomic E-state index is 12.1. The van der Waals surface area contributed by atoms with Crippen LogP contribution in [0, 0.1) is 18.3 Å². The minimum absolute atomic E-state index is 0.217. The average Bonchev–Trinajstić information content (AvgIpc) is 2.60. The van der Waals surface area contributed by atoms with Gasteiger partial charge < -0.3 is 15.2 Å². The van der Waals surface area contributed by atoms with E-state index in [9.17, 15) is 9.59 Å². The van der Waals surface area contributed by atoms with Crippen LogP contribution in [0.5, 0.6) is 5.75 Å². The number of carboxylic acid groups (broad SMARTS) is 1. The van der Waals surface area contributed by atoms with Crippen molar-refractivity contribution in [3.8, 4) is 11.8 Å². The van der Waals surface area contributed by atoms with Crippen LogP contribution >= 0.6 is 0 Å². The zero-order valence-corrected chi connectivity index (χ0v) is 13.7. The minimum atomic E-state index is -1.00. The van der Waals surface area contributed by atoms with Gasteiger partial charge in [-0.2, -0.15) is 5.26 Å². The van der Waals surface area contributed by atoms with Gasteiger partial charge in [-0.25, -0.2) is 0 Å². The third-order valence-corrected chi connectivity index (χ3v) is 3.55. The summed E-state index contributed by atoms with van der Waals surface area (Å²) < 4.78 is 5.36. The molecule has 25 heavy (non-hydrogen) atoms. The molecule has 6 heteroatoms. The van der Waals surface area contributed by atoms with Crippen LogP contribution in [0.2, 0.25) is 0 Å². The lowest BCUT2D eigenvalue weighted by atomic mass is 10.0. The molecule has 1 amide bonds. The number of aryl methyl sites for hydroxylation is 1. The fraction of sp³-hybridized carbons (Fsp3) is 0.211. The number of rotatable bonds is 7. The first-order valence-electron chi connectivity index (χ1n) is 7.68. The SMILES string of the molecule is Cc1ccc(C(CC(=O)O)NC(=O)COc2ccc(C#N)cc2)cc1. The van der Waals surface area contributed by atoms with Crippen LogP contribution < -0.4 is 10.1 Å². The van der Waals surface area contributed by atoms with Gasteiger partial charge in [0.15, 0.2) is 6.61 Å². The van der Waals surface area contributed by atoms with Crippen LogP contribution in [-0.4, -0.2) is 23.6 Å². The first-order chi connectivity index (χ1) is 12.0. The highest BCUT2D eigenvalue weighted by Gasteiger charge is 2.18. The van der Waals surface area contributed by atoms with Crippen molar-refractivity contribution in [2.75, 3.05) is 6.61 Å². The van der Waals surface area contributed by atoms with Gasteiger partial charge in [-0.3, -0.25) is 9.59 Å². The maximum Gasteiger partial charge on any atom is 0.305 e. The zero-order valence-electron chi connectivity index (χ0n) is 13.7. The predicted octanol–water partition coefficient (Wildman–Crippen LogP) is 2.58. The van der Waals surface area contributed by atoms with Crippen LogP contribution in [-0.2, 0) is 9.59 Å². The number of nitriles is 1. The Hall–Kier alpha value is -3.33. The third-order valence-electron chi connectivity index (χ3n) is 3.55. The number of nitrogens with one attached hydrogen (secondary N) is 1. The molecule has 0 fully saturated rings. The summed E-state index contributed by atoms with van der Waals surface area (Å²) in [6.45, 7) is 1.69. The van der Waals surface area contributed by atoms with Crippen LogP contribution in [0.25, 0.3) is 0 Å². The van der Waals surface area contributed by atoms with Crippen LogP contribution in [0.15, 0.2) is 48.5 Å². The van der Waals surface area contributed by atoms with Gasteiger partial charge in [0.25, 0.3) is 5.91 Å². The highest BCUT2D eigenvalue weighted by atomic mass is 16.5. The normalized spacial score (nSPS) is 11.2. The predicted molar refractivity (Wildman–Crippen MR) is 91.0 cm³/mol. The molecule has 2 aromatic rings. The van der Waals surface area contributed by atoms with Gasteiger partial charge in [0.05, 0.1) is 24.1 Å². The van der Waals surface area contributed by atoms with E-state index in [0.29, 0.717) is 11.3 Å². The number of hydrogen-bond donors (Lipinski definition) is 2. The van der Waals surface area contributed by atoms with Crippen LogP contribution in [0.1, 0.15) is 29.2 Å². The van der Waals surface area contributed by atoms with Gasteiger partial charge in [-0.15, -0.1) is 0 Å². The van der Waals surface area contributed by atoms with E-state index in [1.165, 1.54) is 0 Å². The lowest BCUT2D eigenvalue weighted by Gasteiger charge is -2.18. The molecular weight excluding hydrogens is 320 g/mol. The lowest BCUT2D eigenvalue weighted by Crippen LogP contribution is -2.33. The molecule has 2 aromatic carbocycles. The molecule has 0 spiro atoms. The number of benzene rings is 2. The smallest absolute Gasteiger partial charge is 0.305 e. The van der Waals surface area contributed by atoms with E-state index in [0.717, 1.165) is 11.1 Å². The molecule has 0 aliphatic heterocycles. The van der Waals surface area contributed by atoms with Crippen molar-refractivity contribution in [1.82, 2.24) is 5.32 Å². The second kappa shape index (κ2) is 8.50. The van der Waals surface area contributed by atoms with Crippen molar-refractivity contribution in [3.05, 3.63) is 65.2 Å². The van der Waals surface area contributed by atoms with E-state index in [1.807, 2.05) is 25.1 Å². The van der Waals surface area contributed by atoms with E-state index >= 15 is 0 Å². The van der Waals surface area contributed by atoms with Gasteiger partial charge in [-0.1, -0.05) is 29.8 Å². The minimum Gasteiger partial charge on any atom is -0.484 e. The summed E-state index contributed by atoms with van der Waals surface area (Å²) in [7, 11) is 0. The fourth-order valence-electron chi connectivity index (χ4n) is 2.24. The topological polar surface area (TPSA) is 99.4 Å². The Morgan fingerprint density at radius 1 is 1.16 bits per heavy atom. The van der Waals surface area contributed by atoms with E-state index in [-0.39, 0.29) is 13.0 Å². The van der Waals surface area contributed by atoms with E-state index in [1.54, 1.807) is 36.4 Å². The monoisotopic (exact) mass is 338 g/mol.